The van der Waals surface area contributed by atoms with E-state index in [1.54, 1.807) is 36.4 Å². The van der Waals surface area contributed by atoms with Gasteiger partial charge in [-0.1, -0.05) is 23.8 Å². The number of carboxylic acids is 1. The van der Waals surface area contributed by atoms with Crippen molar-refractivity contribution in [3.63, 3.8) is 0 Å². The summed E-state index contributed by atoms with van der Waals surface area (Å²) in [4.78, 5) is 27.9. The number of aromatic carboxylic acids is 1. The van der Waals surface area contributed by atoms with Crippen LogP contribution in [0.4, 0.5) is 0 Å². The predicted octanol–water partition coefficient (Wildman–Crippen LogP) is 3.70. The number of aromatic nitrogens is 1. The van der Waals surface area contributed by atoms with Crippen LogP contribution in [-0.4, -0.2) is 29.1 Å². The normalized spacial score (nSPS) is 10.6. The molecule has 0 saturated heterocycles. The molecule has 1 heterocycles. The minimum Gasteiger partial charge on any atom is -0.478 e. The first-order valence-electron chi connectivity index (χ1n) is 7.33. The summed E-state index contributed by atoms with van der Waals surface area (Å²) in [5.74, 6) is -1.47. The highest BCUT2D eigenvalue weighted by Crippen LogP contribution is 2.26. The quantitative estimate of drug-likeness (QED) is 0.744. The SMILES string of the molecule is COC(=O)c1cccc(-c2cc(C(=O)O)c3cc(C)ccc3n2)c1. The Morgan fingerprint density at radius 1 is 1.08 bits per heavy atom. The number of carboxylic acid groups (broad SMARTS) is 1. The molecule has 1 aromatic heterocycles. The van der Waals surface area contributed by atoms with Crippen molar-refractivity contribution in [2.45, 2.75) is 6.92 Å². The van der Waals surface area contributed by atoms with E-state index in [2.05, 4.69) is 4.98 Å². The van der Waals surface area contributed by atoms with Gasteiger partial charge in [0, 0.05) is 10.9 Å². The zero-order valence-electron chi connectivity index (χ0n) is 13.2. The number of carbonyl (C=O) groups is 2. The van der Waals surface area contributed by atoms with Crippen LogP contribution in [0.25, 0.3) is 22.2 Å². The number of fused-ring (bicyclic) bond motifs is 1. The van der Waals surface area contributed by atoms with Gasteiger partial charge in [0.2, 0.25) is 0 Å². The van der Waals surface area contributed by atoms with Crippen molar-refractivity contribution in [2.75, 3.05) is 7.11 Å². The molecule has 0 aliphatic heterocycles. The molecule has 3 aromatic rings. The van der Waals surface area contributed by atoms with Crippen molar-refractivity contribution in [2.24, 2.45) is 0 Å². The minimum absolute atomic E-state index is 0.183. The van der Waals surface area contributed by atoms with E-state index in [4.69, 9.17) is 4.74 Å². The summed E-state index contributed by atoms with van der Waals surface area (Å²) >= 11 is 0. The van der Waals surface area contributed by atoms with Crippen LogP contribution in [0.2, 0.25) is 0 Å². The molecule has 120 valence electrons. The van der Waals surface area contributed by atoms with Gasteiger partial charge in [-0.25, -0.2) is 14.6 Å². The average Bonchev–Trinajstić information content (AvgIpc) is 2.60. The third-order valence-corrected chi connectivity index (χ3v) is 3.77. The number of rotatable bonds is 3. The monoisotopic (exact) mass is 321 g/mol. The number of carbonyl (C=O) groups excluding carboxylic acids is 1. The third-order valence-electron chi connectivity index (χ3n) is 3.77. The summed E-state index contributed by atoms with van der Waals surface area (Å²) in [5, 5.41) is 10.1. The highest BCUT2D eigenvalue weighted by molar-refractivity contribution is 6.04. The van der Waals surface area contributed by atoms with Gasteiger partial charge in [0.15, 0.2) is 0 Å². The molecule has 0 aliphatic rings. The van der Waals surface area contributed by atoms with Gasteiger partial charge in [0.25, 0.3) is 0 Å². The summed E-state index contributed by atoms with van der Waals surface area (Å²) in [6.45, 7) is 1.90. The standard InChI is InChI=1S/C19H15NO4/c1-11-6-7-16-14(8-11)15(18(21)22)10-17(20-16)12-4-3-5-13(9-12)19(23)24-2/h3-10H,1-2H3,(H,21,22). The van der Waals surface area contributed by atoms with Gasteiger partial charge in [-0.15, -0.1) is 0 Å². The highest BCUT2D eigenvalue weighted by atomic mass is 16.5. The molecule has 0 amide bonds. The molecule has 0 atom stereocenters. The highest BCUT2D eigenvalue weighted by Gasteiger charge is 2.14. The van der Waals surface area contributed by atoms with E-state index in [1.807, 2.05) is 13.0 Å². The average molecular weight is 321 g/mol. The van der Waals surface area contributed by atoms with E-state index in [0.717, 1.165) is 5.56 Å². The van der Waals surface area contributed by atoms with E-state index in [0.29, 0.717) is 27.7 Å². The van der Waals surface area contributed by atoms with Crippen molar-refractivity contribution in [1.82, 2.24) is 4.98 Å². The van der Waals surface area contributed by atoms with Crippen LogP contribution >= 0.6 is 0 Å². The van der Waals surface area contributed by atoms with Crippen molar-refractivity contribution < 1.29 is 19.4 Å². The van der Waals surface area contributed by atoms with Crippen molar-refractivity contribution in [3.8, 4) is 11.3 Å². The summed E-state index contributed by atoms with van der Waals surface area (Å²) in [5.41, 5.74) is 3.28. The summed E-state index contributed by atoms with van der Waals surface area (Å²) in [7, 11) is 1.31. The van der Waals surface area contributed by atoms with Gasteiger partial charge in [-0.3, -0.25) is 0 Å². The molecule has 5 heteroatoms. The Balaban J connectivity index is 2.22. The second kappa shape index (κ2) is 6.12. The zero-order chi connectivity index (χ0) is 17.3. The van der Waals surface area contributed by atoms with Crippen LogP contribution in [0.5, 0.6) is 0 Å². The maximum absolute atomic E-state index is 11.7. The smallest absolute Gasteiger partial charge is 0.337 e. The first-order chi connectivity index (χ1) is 11.5. The van der Waals surface area contributed by atoms with Crippen molar-refractivity contribution >= 4 is 22.8 Å². The maximum Gasteiger partial charge on any atom is 0.337 e. The van der Waals surface area contributed by atoms with Crippen LogP contribution in [0, 0.1) is 6.92 Å². The summed E-state index contributed by atoms with van der Waals surface area (Å²) in [6.07, 6.45) is 0. The third kappa shape index (κ3) is 2.84. The summed E-state index contributed by atoms with van der Waals surface area (Å²) < 4.78 is 4.72. The number of hydrogen-bond acceptors (Lipinski definition) is 4. The molecule has 0 spiro atoms. The van der Waals surface area contributed by atoms with E-state index in [9.17, 15) is 14.7 Å². The number of ether oxygens (including phenoxy) is 1. The fraction of sp³-hybridized carbons (Fsp3) is 0.105. The molecule has 5 nitrogen and oxygen atoms in total. The number of methoxy groups -OCH3 is 1. The van der Waals surface area contributed by atoms with E-state index < -0.39 is 11.9 Å². The molecule has 0 fully saturated rings. The molecule has 0 saturated carbocycles. The maximum atomic E-state index is 11.7. The first-order valence-corrected chi connectivity index (χ1v) is 7.33. The number of aryl methyl sites for hydroxylation is 1. The molecule has 24 heavy (non-hydrogen) atoms. The van der Waals surface area contributed by atoms with Crippen molar-refractivity contribution in [1.29, 1.82) is 0 Å². The second-order valence-electron chi connectivity index (χ2n) is 5.45. The fourth-order valence-corrected chi connectivity index (χ4v) is 2.59. The molecule has 0 aliphatic carbocycles. The molecule has 0 bridgehead atoms. The molecule has 2 aromatic carbocycles. The zero-order valence-corrected chi connectivity index (χ0v) is 13.2. The van der Waals surface area contributed by atoms with Gasteiger partial charge in [0.05, 0.1) is 29.4 Å². The molecule has 1 N–H and O–H groups in total. The summed E-state index contributed by atoms with van der Waals surface area (Å²) in [6, 6.07) is 13.8. The Kier molecular flexibility index (Phi) is 4.00. The number of esters is 1. The van der Waals surface area contributed by atoms with Gasteiger partial charge in [-0.2, -0.15) is 0 Å². The van der Waals surface area contributed by atoms with Gasteiger partial charge < -0.3 is 9.84 Å². The Hall–Kier alpha value is -3.21. The predicted molar refractivity (Wildman–Crippen MR) is 90.2 cm³/mol. The van der Waals surface area contributed by atoms with Crippen LogP contribution in [-0.2, 0) is 4.74 Å². The fourth-order valence-electron chi connectivity index (χ4n) is 2.59. The Bertz CT molecular complexity index is 963. The topological polar surface area (TPSA) is 76.5 Å². The van der Waals surface area contributed by atoms with Crippen LogP contribution in [0.3, 0.4) is 0 Å². The number of benzene rings is 2. The number of hydrogen-bond donors (Lipinski definition) is 1. The minimum atomic E-state index is -1.02. The lowest BCUT2D eigenvalue weighted by Gasteiger charge is -2.09. The first kappa shape index (κ1) is 15.7. The lowest BCUT2D eigenvalue weighted by molar-refractivity contribution is 0.0600. The van der Waals surface area contributed by atoms with E-state index >= 15 is 0 Å². The molecule has 0 unspecified atom stereocenters. The lowest BCUT2D eigenvalue weighted by Crippen LogP contribution is -2.02. The molecule has 0 radical (unpaired) electrons. The van der Waals surface area contributed by atoms with Gasteiger partial charge in [0.1, 0.15) is 0 Å². The Morgan fingerprint density at radius 2 is 1.88 bits per heavy atom. The van der Waals surface area contributed by atoms with Crippen LogP contribution in [0.1, 0.15) is 26.3 Å². The van der Waals surface area contributed by atoms with Crippen LogP contribution < -0.4 is 0 Å². The molecule has 3 rings (SSSR count). The Labute approximate surface area is 138 Å². The number of nitrogens with zero attached hydrogens (tertiary/aromatic N) is 1. The van der Waals surface area contributed by atoms with Gasteiger partial charge >= 0.3 is 11.9 Å². The van der Waals surface area contributed by atoms with Gasteiger partial charge in [-0.05, 0) is 37.3 Å². The molecular weight excluding hydrogens is 306 g/mol. The lowest BCUT2D eigenvalue weighted by atomic mass is 10.0. The Morgan fingerprint density at radius 3 is 2.58 bits per heavy atom. The van der Waals surface area contributed by atoms with Crippen LogP contribution in [0.15, 0.2) is 48.5 Å². The number of pyridine rings is 1. The largest absolute Gasteiger partial charge is 0.478 e. The second-order valence-corrected chi connectivity index (χ2v) is 5.45. The van der Waals surface area contributed by atoms with E-state index in [1.165, 1.54) is 13.2 Å². The van der Waals surface area contributed by atoms with E-state index in [-0.39, 0.29) is 5.56 Å². The molecular formula is C19H15NO4. The van der Waals surface area contributed by atoms with Crippen molar-refractivity contribution in [3.05, 3.63) is 65.2 Å².